The van der Waals surface area contributed by atoms with E-state index in [0.29, 0.717) is 35.6 Å². The van der Waals surface area contributed by atoms with Crippen LogP contribution in [0.4, 0.5) is 0 Å². The monoisotopic (exact) mass is 352 g/mol. The zero-order valence-corrected chi connectivity index (χ0v) is 14.7. The Bertz CT molecular complexity index is 995. The van der Waals surface area contributed by atoms with E-state index < -0.39 is 0 Å². The van der Waals surface area contributed by atoms with Crippen molar-refractivity contribution in [1.29, 1.82) is 0 Å². The van der Waals surface area contributed by atoms with E-state index in [-0.39, 0.29) is 11.5 Å². The van der Waals surface area contributed by atoms with E-state index in [1.807, 2.05) is 18.2 Å². The van der Waals surface area contributed by atoms with Crippen molar-refractivity contribution in [3.63, 3.8) is 0 Å². The van der Waals surface area contributed by atoms with Gasteiger partial charge in [0.2, 0.25) is 0 Å². The van der Waals surface area contributed by atoms with E-state index >= 15 is 0 Å². The van der Waals surface area contributed by atoms with Gasteiger partial charge in [0.1, 0.15) is 11.5 Å². The van der Waals surface area contributed by atoms with Crippen molar-refractivity contribution >= 4 is 16.8 Å². The molecule has 0 spiro atoms. The molecule has 0 saturated carbocycles. The first-order chi connectivity index (χ1) is 12.6. The number of methoxy groups -OCH3 is 2. The predicted octanol–water partition coefficient (Wildman–Crippen LogP) is 2.52. The van der Waals surface area contributed by atoms with E-state index in [1.165, 1.54) is 0 Å². The zero-order chi connectivity index (χ0) is 18.5. The van der Waals surface area contributed by atoms with Crippen LogP contribution in [0.1, 0.15) is 15.9 Å². The quantitative estimate of drug-likeness (QED) is 0.714. The van der Waals surface area contributed by atoms with Crippen LogP contribution < -0.4 is 20.3 Å². The number of ether oxygens (including phenoxy) is 2. The van der Waals surface area contributed by atoms with Crippen molar-refractivity contribution in [2.45, 2.75) is 6.42 Å². The van der Waals surface area contributed by atoms with Crippen molar-refractivity contribution in [1.82, 2.24) is 10.3 Å². The standard InChI is InChI=1S/C20H20N2O4/c1-25-16-5-3-4-14(11-16)19(23)21-9-8-15-10-13-6-7-17(26-2)12-18(13)22-20(15)24/h3-7,10-12H,8-9H2,1-2H3,(H,21,23)(H,22,24). The molecule has 1 heterocycles. The lowest BCUT2D eigenvalue weighted by Gasteiger charge is -2.08. The molecule has 2 N–H and O–H groups in total. The fourth-order valence-electron chi connectivity index (χ4n) is 2.72. The van der Waals surface area contributed by atoms with Gasteiger partial charge in [-0.2, -0.15) is 0 Å². The highest BCUT2D eigenvalue weighted by molar-refractivity contribution is 5.94. The molecule has 0 radical (unpaired) electrons. The zero-order valence-electron chi connectivity index (χ0n) is 14.7. The fraction of sp³-hybridized carbons (Fsp3) is 0.200. The highest BCUT2D eigenvalue weighted by atomic mass is 16.5. The van der Waals surface area contributed by atoms with E-state index in [0.717, 1.165) is 10.9 Å². The highest BCUT2D eigenvalue weighted by Crippen LogP contribution is 2.18. The molecule has 0 fully saturated rings. The van der Waals surface area contributed by atoms with Crippen molar-refractivity contribution < 1.29 is 14.3 Å². The first-order valence-electron chi connectivity index (χ1n) is 8.23. The second kappa shape index (κ2) is 7.74. The van der Waals surface area contributed by atoms with Gasteiger partial charge in [-0.1, -0.05) is 6.07 Å². The van der Waals surface area contributed by atoms with Gasteiger partial charge in [0, 0.05) is 23.7 Å². The van der Waals surface area contributed by atoms with Crippen LogP contribution in [0.3, 0.4) is 0 Å². The maximum atomic E-state index is 12.2. The van der Waals surface area contributed by atoms with Crippen LogP contribution >= 0.6 is 0 Å². The van der Waals surface area contributed by atoms with Gasteiger partial charge in [-0.25, -0.2) is 0 Å². The summed E-state index contributed by atoms with van der Waals surface area (Å²) in [5.41, 5.74) is 1.69. The van der Waals surface area contributed by atoms with Gasteiger partial charge in [-0.15, -0.1) is 0 Å². The number of benzene rings is 2. The van der Waals surface area contributed by atoms with Gasteiger partial charge in [-0.05, 0) is 48.2 Å². The maximum absolute atomic E-state index is 12.2. The van der Waals surface area contributed by atoms with Crippen LogP contribution in [-0.4, -0.2) is 31.7 Å². The number of pyridine rings is 1. The van der Waals surface area contributed by atoms with Crippen LogP contribution in [0, 0.1) is 0 Å². The van der Waals surface area contributed by atoms with Gasteiger partial charge >= 0.3 is 0 Å². The number of nitrogens with one attached hydrogen (secondary N) is 2. The molecule has 3 aromatic rings. The third-order valence-electron chi connectivity index (χ3n) is 4.14. The fourth-order valence-corrected chi connectivity index (χ4v) is 2.72. The SMILES string of the molecule is COc1cccc(C(=O)NCCc2cc3ccc(OC)cc3[nH]c2=O)c1. The summed E-state index contributed by atoms with van der Waals surface area (Å²) < 4.78 is 10.3. The first kappa shape index (κ1) is 17.5. The Morgan fingerprint density at radius 2 is 1.81 bits per heavy atom. The van der Waals surface area contributed by atoms with E-state index in [4.69, 9.17) is 9.47 Å². The lowest BCUT2D eigenvalue weighted by atomic mass is 10.1. The minimum Gasteiger partial charge on any atom is -0.497 e. The Labute approximate surface area is 150 Å². The molecule has 1 amide bonds. The molecule has 0 bridgehead atoms. The molecule has 26 heavy (non-hydrogen) atoms. The van der Waals surface area contributed by atoms with Gasteiger partial charge in [0.05, 0.1) is 19.7 Å². The molecule has 2 aromatic carbocycles. The molecular weight excluding hydrogens is 332 g/mol. The van der Waals surface area contributed by atoms with Crippen molar-refractivity contribution in [2.75, 3.05) is 20.8 Å². The van der Waals surface area contributed by atoms with Gasteiger partial charge in [0.25, 0.3) is 11.5 Å². The van der Waals surface area contributed by atoms with Crippen LogP contribution in [0.2, 0.25) is 0 Å². The third-order valence-corrected chi connectivity index (χ3v) is 4.14. The van der Waals surface area contributed by atoms with Crippen LogP contribution in [0.25, 0.3) is 10.9 Å². The Morgan fingerprint density at radius 3 is 2.58 bits per heavy atom. The van der Waals surface area contributed by atoms with Crippen LogP contribution in [0.5, 0.6) is 11.5 Å². The number of carbonyl (C=O) groups excluding carboxylic acids is 1. The molecule has 0 aliphatic rings. The van der Waals surface area contributed by atoms with Crippen LogP contribution in [-0.2, 0) is 6.42 Å². The van der Waals surface area contributed by atoms with Crippen molar-refractivity contribution in [2.24, 2.45) is 0 Å². The number of fused-ring (bicyclic) bond motifs is 1. The molecule has 0 aliphatic carbocycles. The Kier molecular flexibility index (Phi) is 5.22. The summed E-state index contributed by atoms with van der Waals surface area (Å²) >= 11 is 0. The highest BCUT2D eigenvalue weighted by Gasteiger charge is 2.08. The molecule has 1 aromatic heterocycles. The molecule has 0 aliphatic heterocycles. The number of H-pyrrole nitrogens is 1. The number of carbonyl (C=O) groups is 1. The van der Waals surface area contributed by atoms with Gasteiger partial charge < -0.3 is 19.8 Å². The van der Waals surface area contributed by atoms with Gasteiger partial charge in [-0.3, -0.25) is 9.59 Å². The number of amides is 1. The van der Waals surface area contributed by atoms with E-state index in [1.54, 1.807) is 44.6 Å². The minimum atomic E-state index is -0.203. The van der Waals surface area contributed by atoms with Crippen molar-refractivity contribution in [3.05, 3.63) is 70.0 Å². The van der Waals surface area contributed by atoms with Gasteiger partial charge in [0.15, 0.2) is 0 Å². The minimum absolute atomic E-state index is 0.165. The molecule has 0 unspecified atom stereocenters. The number of aromatic amines is 1. The summed E-state index contributed by atoms with van der Waals surface area (Å²) in [6.45, 7) is 0.362. The predicted molar refractivity (Wildman–Crippen MR) is 100 cm³/mol. The van der Waals surface area contributed by atoms with Crippen molar-refractivity contribution in [3.8, 4) is 11.5 Å². The average Bonchev–Trinajstić information content (AvgIpc) is 2.67. The third kappa shape index (κ3) is 3.85. The number of rotatable bonds is 6. The molecule has 134 valence electrons. The second-order valence-electron chi connectivity index (χ2n) is 5.81. The van der Waals surface area contributed by atoms with E-state index in [9.17, 15) is 9.59 Å². The molecule has 0 atom stereocenters. The summed E-state index contributed by atoms with van der Waals surface area (Å²) in [5, 5.41) is 3.74. The summed E-state index contributed by atoms with van der Waals surface area (Å²) in [5.74, 6) is 1.11. The molecule has 6 nitrogen and oxygen atoms in total. The molecule has 0 saturated heterocycles. The summed E-state index contributed by atoms with van der Waals surface area (Å²) in [7, 11) is 3.14. The summed E-state index contributed by atoms with van der Waals surface area (Å²) in [4.78, 5) is 27.3. The lowest BCUT2D eigenvalue weighted by molar-refractivity contribution is 0.0953. The average molecular weight is 352 g/mol. The maximum Gasteiger partial charge on any atom is 0.251 e. The number of hydrogen-bond donors (Lipinski definition) is 2. The molecule has 3 rings (SSSR count). The normalized spacial score (nSPS) is 10.5. The lowest BCUT2D eigenvalue weighted by Crippen LogP contribution is -2.27. The Balaban J connectivity index is 1.68. The number of hydrogen-bond acceptors (Lipinski definition) is 4. The smallest absolute Gasteiger partial charge is 0.251 e. The van der Waals surface area contributed by atoms with Crippen LogP contribution in [0.15, 0.2) is 53.3 Å². The topological polar surface area (TPSA) is 80.4 Å². The Morgan fingerprint density at radius 1 is 1.04 bits per heavy atom. The number of aromatic nitrogens is 1. The first-order valence-corrected chi connectivity index (χ1v) is 8.23. The summed E-state index contributed by atoms with van der Waals surface area (Å²) in [6, 6.07) is 14.3. The summed E-state index contributed by atoms with van der Waals surface area (Å²) in [6.07, 6.45) is 0.438. The largest absolute Gasteiger partial charge is 0.497 e. The second-order valence-corrected chi connectivity index (χ2v) is 5.81. The molecule has 6 heteroatoms. The molecular formula is C20H20N2O4. The Hall–Kier alpha value is -3.28. The van der Waals surface area contributed by atoms with E-state index in [2.05, 4.69) is 10.3 Å².